The molecule has 0 aliphatic heterocycles. The Morgan fingerprint density at radius 2 is 1.69 bits per heavy atom. The molecule has 0 fully saturated rings. The molecule has 0 aliphatic carbocycles. The summed E-state index contributed by atoms with van der Waals surface area (Å²) in [4.78, 5) is 24.2. The largest absolute Gasteiger partial charge is 0.495 e. The fourth-order valence-electron chi connectivity index (χ4n) is 2.86. The van der Waals surface area contributed by atoms with E-state index in [0.29, 0.717) is 18.7 Å². The van der Waals surface area contributed by atoms with Crippen molar-refractivity contribution >= 4 is 27.6 Å². The third-order valence-electron chi connectivity index (χ3n) is 4.56. The topological polar surface area (TPSA) is 117 Å². The summed E-state index contributed by atoms with van der Waals surface area (Å²) < 4.78 is 44.9. The maximum absolute atomic E-state index is 12.9. The van der Waals surface area contributed by atoms with Gasteiger partial charge in [-0.25, -0.2) is 17.6 Å². The molecule has 2 aromatic rings. The van der Waals surface area contributed by atoms with E-state index >= 15 is 0 Å². The average molecular weight is 467 g/mol. The van der Waals surface area contributed by atoms with Gasteiger partial charge in [0.25, 0.3) is 0 Å². The van der Waals surface area contributed by atoms with E-state index in [9.17, 15) is 22.4 Å². The lowest BCUT2D eigenvalue weighted by Gasteiger charge is -2.19. The van der Waals surface area contributed by atoms with Gasteiger partial charge in [-0.05, 0) is 35.9 Å². The van der Waals surface area contributed by atoms with Gasteiger partial charge in [0.15, 0.2) is 0 Å². The molecule has 0 aromatic heterocycles. The smallest absolute Gasteiger partial charge is 0.315 e. The zero-order chi connectivity index (χ0) is 23.7. The quantitative estimate of drug-likeness (QED) is 0.497. The van der Waals surface area contributed by atoms with Gasteiger partial charge in [0.05, 0.1) is 24.2 Å². The first-order valence-corrected chi connectivity index (χ1v) is 11.4. The van der Waals surface area contributed by atoms with Crippen molar-refractivity contribution in [2.24, 2.45) is 0 Å². The number of nitrogens with zero attached hydrogens (tertiary/aromatic N) is 1. The number of anilines is 1. The number of urea groups is 1. The zero-order valence-corrected chi connectivity index (χ0v) is 19.0. The average Bonchev–Trinajstić information content (AvgIpc) is 2.78. The van der Waals surface area contributed by atoms with Crippen LogP contribution >= 0.6 is 0 Å². The molecule has 2 aromatic carbocycles. The van der Waals surface area contributed by atoms with Gasteiger partial charge in [-0.3, -0.25) is 4.79 Å². The highest BCUT2D eigenvalue weighted by atomic mass is 32.2. The second-order valence-corrected chi connectivity index (χ2v) is 8.60. The van der Waals surface area contributed by atoms with Gasteiger partial charge in [-0.1, -0.05) is 26.0 Å². The normalized spacial score (nSPS) is 11.2. The molecule has 32 heavy (non-hydrogen) atoms. The molecule has 0 atom stereocenters. The first kappa shape index (κ1) is 25.1. The van der Waals surface area contributed by atoms with Crippen LogP contribution in [-0.2, 0) is 21.4 Å². The third-order valence-corrected chi connectivity index (χ3v) is 6.61. The number of amides is 3. The summed E-state index contributed by atoms with van der Waals surface area (Å²) in [6, 6.07) is 9.22. The van der Waals surface area contributed by atoms with E-state index in [1.807, 2.05) is 0 Å². The molecule has 174 valence electrons. The Bertz CT molecular complexity index is 1040. The molecule has 2 rings (SSSR count). The molecular weight excluding hydrogens is 439 g/mol. The van der Waals surface area contributed by atoms with E-state index in [4.69, 9.17) is 4.74 Å². The Morgan fingerprint density at radius 1 is 1.03 bits per heavy atom. The molecule has 9 nitrogen and oxygen atoms in total. The SMILES string of the molecule is CCN(CC)S(=O)(=O)c1ccc(OC)c(NC(=O)CNC(=O)NCc2ccc(F)cc2)c1. The molecule has 0 spiro atoms. The molecule has 0 saturated carbocycles. The summed E-state index contributed by atoms with van der Waals surface area (Å²) in [7, 11) is -2.33. The Labute approximate surface area is 187 Å². The van der Waals surface area contributed by atoms with Gasteiger partial charge in [0, 0.05) is 19.6 Å². The van der Waals surface area contributed by atoms with E-state index < -0.39 is 22.0 Å². The van der Waals surface area contributed by atoms with E-state index in [0.717, 1.165) is 0 Å². The van der Waals surface area contributed by atoms with Gasteiger partial charge >= 0.3 is 6.03 Å². The third kappa shape index (κ3) is 6.66. The highest BCUT2D eigenvalue weighted by Gasteiger charge is 2.23. The fourth-order valence-corrected chi connectivity index (χ4v) is 4.34. The Morgan fingerprint density at radius 3 is 2.28 bits per heavy atom. The van der Waals surface area contributed by atoms with Crippen LogP contribution in [0, 0.1) is 5.82 Å². The number of hydrogen-bond donors (Lipinski definition) is 3. The van der Waals surface area contributed by atoms with Crippen LogP contribution in [0.5, 0.6) is 5.75 Å². The lowest BCUT2D eigenvalue weighted by atomic mass is 10.2. The zero-order valence-electron chi connectivity index (χ0n) is 18.1. The highest BCUT2D eigenvalue weighted by Crippen LogP contribution is 2.28. The summed E-state index contributed by atoms with van der Waals surface area (Å²) in [6.45, 7) is 3.89. The summed E-state index contributed by atoms with van der Waals surface area (Å²) in [5.41, 5.74) is 0.862. The number of benzene rings is 2. The number of methoxy groups -OCH3 is 1. The van der Waals surface area contributed by atoms with Crippen molar-refractivity contribution in [3.05, 3.63) is 53.8 Å². The van der Waals surface area contributed by atoms with Crippen molar-refractivity contribution in [3.63, 3.8) is 0 Å². The molecule has 0 radical (unpaired) electrons. The van der Waals surface area contributed by atoms with Crippen LogP contribution in [0.1, 0.15) is 19.4 Å². The highest BCUT2D eigenvalue weighted by molar-refractivity contribution is 7.89. The lowest BCUT2D eigenvalue weighted by molar-refractivity contribution is -0.115. The molecule has 0 saturated heterocycles. The van der Waals surface area contributed by atoms with Crippen LogP contribution in [0.3, 0.4) is 0 Å². The minimum atomic E-state index is -3.72. The second-order valence-electron chi connectivity index (χ2n) is 6.66. The van der Waals surface area contributed by atoms with Crippen molar-refractivity contribution in [1.29, 1.82) is 0 Å². The van der Waals surface area contributed by atoms with Crippen LogP contribution in [-0.4, -0.2) is 51.4 Å². The predicted octanol–water partition coefficient (Wildman–Crippen LogP) is 2.30. The van der Waals surface area contributed by atoms with Gasteiger partial charge in [-0.2, -0.15) is 4.31 Å². The predicted molar refractivity (Wildman–Crippen MR) is 118 cm³/mol. The molecule has 0 bridgehead atoms. The Balaban J connectivity index is 1.99. The lowest BCUT2D eigenvalue weighted by Crippen LogP contribution is -2.39. The molecule has 0 heterocycles. The van der Waals surface area contributed by atoms with Crippen LogP contribution in [0.25, 0.3) is 0 Å². The number of nitrogens with one attached hydrogen (secondary N) is 3. The van der Waals surface area contributed by atoms with Gasteiger partial charge in [0.2, 0.25) is 15.9 Å². The molecule has 0 aliphatic rings. The summed E-state index contributed by atoms with van der Waals surface area (Å²) in [5, 5.41) is 7.51. The van der Waals surface area contributed by atoms with E-state index in [1.165, 1.54) is 53.9 Å². The van der Waals surface area contributed by atoms with Crippen LogP contribution in [0.2, 0.25) is 0 Å². The van der Waals surface area contributed by atoms with Gasteiger partial charge in [0.1, 0.15) is 11.6 Å². The minimum absolute atomic E-state index is 0.0160. The van der Waals surface area contributed by atoms with Crippen molar-refractivity contribution in [1.82, 2.24) is 14.9 Å². The monoisotopic (exact) mass is 466 g/mol. The molecule has 3 amide bonds. The molecule has 11 heteroatoms. The minimum Gasteiger partial charge on any atom is -0.495 e. The summed E-state index contributed by atoms with van der Waals surface area (Å²) in [5.74, 6) is -0.672. The standard InChI is InChI=1S/C21H27FN4O5S/c1-4-26(5-2)32(29,30)17-10-11-19(31-3)18(12-17)25-20(27)14-24-21(28)23-13-15-6-8-16(22)9-7-15/h6-12H,4-5,13-14H2,1-3H3,(H,25,27)(H2,23,24,28). The maximum atomic E-state index is 12.9. The van der Waals surface area contributed by atoms with Gasteiger partial charge < -0.3 is 20.7 Å². The Hall–Kier alpha value is -3.18. The number of halogens is 1. The van der Waals surface area contributed by atoms with Crippen LogP contribution in [0.4, 0.5) is 14.9 Å². The van der Waals surface area contributed by atoms with Gasteiger partial charge in [-0.15, -0.1) is 0 Å². The summed E-state index contributed by atoms with van der Waals surface area (Å²) in [6.07, 6.45) is 0. The second kappa shape index (κ2) is 11.4. The number of hydrogen-bond acceptors (Lipinski definition) is 5. The fraction of sp³-hybridized carbons (Fsp3) is 0.333. The van der Waals surface area contributed by atoms with Crippen molar-refractivity contribution in [2.75, 3.05) is 32.1 Å². The summed E-state index contributed by atoms with van der Waals surface area (Å²) >= 11 is 0. The number of ether oxygens (including phenoxy) is 1. The number of rotatable bonds is 10. The maximum Gasteiger partial charge on any atom is 0.315 e. The van der Waals surface area contributed by atoms with Crippen LogP contribution < -0.4 is 20.7 Å². The first-order chi connectivity index (χ1) is 15.2. The van der Waals surface area contributed by atoms with E-state index in [1.54, 1.807) is 13.8 Å². The molecule has 0 unspecified atom stereocenters. The van der Waals surface area contributed by atoms with Crippen LogP contribution in [0.15, 0.2) is 47.4 Å². The van der Waals surface area contributed by atoms with Crippen molar-refractivity contribution in [2.45, 2.75) is 25.3 Å². The Kier molecular flexibility index (Phi) is 8.97. The molecule has 3 N–H and O–H groups in total. The first-order valence-electron chi connectivity index (χ1n) is 9.95. The number of sulfonamides is 1. The van der Waals surface area contributed by atoms with Crippen molar-refractivity contribution < 1.29 is 27.1 Å². The van der Waals surface area contributed by atoms with E-state index in [2.05, 4.69) is 16.0 Å². The van der Waals surface area contributed by atoms with E-state index in [-0.39, 0.29) is 35.2 Å². The number of carbonyl (C=O) groups excluding carboxylic acids is 2. The molecular formula is C21H27FN4O5S. The number of carbonyl (C=O) groups is 2. The van der Waals surface area contributed by atoms with Crippen molar-refractivity contribution in [3.8, 4) is 5.75 Å².